The quantitative estimate of drug-likeness (QED) is 0.600. The molecule has 0 aromatic heterocycles. The zero-order valence-electron chi connectivity index (χ0n) is 2.35. The standard InChI is InChI=1S/C2H6.CH4.Os/c1-2;;/h1-2H3;1H4;. The third-order valence-corrected chi connectivity index (χ3v) is 0. The summed E-state index contributed by atoms with van der Waals surface area (Å²) >= 11 is 0. The molecule has 0 aromatic rings. The fraction of sp³-hybridized carbons (Fsp3) is 1.00. The van der Waals surface area contributed by atoms with Crippen LogP contribution in [0.3, 0.4) is 0 Å². The van der Waals surface area contributed by atoms with E-state index in [0.717, 1.165) is 0 Å². The second-order valence-electron chi connectivity index (χ2n) is 0. The van der Waals surface area contributed by atoms with Gasteiger partial charge in [-0.3, -0.25) is 0 Å². The van der Waals surface area contributed by atoms with Gasteiger partial charge in [-0.1, -0.05) is 21.3 Å². The number of rotatable bonds is 0. The van der Waals surface area contributed by atoms with Crippen molar-refractivity contribution >= 4 is 0 Å². The van der Waals surface area contributed by atoms with Crippen molar-refractivity contribution in [2.45, 2.75) is 21.3 Å². The predicted molar refractivity (Wildman–Crippen MR) is 18.1 cm³/mol. The summed E-state index contributed by atoms with van der Waals surface area (Å²) in [5.74, 6) is 0. The molecule has 0 fully saturated rings. The van der Waals surface area contributed by atoms with Gasteiger partial charge in [0.25, 0.3) is 0 Å². The Morgan fingerprint density at radius 1 is 1.00 bits per heavy atom. The Morgan fingerprint density at radius 2 is 1.00 bits per heavy atom. The normalized spacial score (nSPS) is 1.50. The molecule has 0 amide bonds. The van der Waals surface area contributed by atoms with E-state index in [1.165, 1.54) is 0 Å². The Bertz CT molecular complexity index is 3.25. The van der Waals surface area contributed by atoms with E-state index in [-0.39, 0.29) is 27.2 Å². The Balaban J connectivity index is -0.00000000500. The van der Waals surface area contributed by atoms with Crippen molar-refractivity contribution < 1.29 is 19.8 Å². The van der Waals surface area contributed by atoms with Crippen LogP contribution < -0.4 is 0 Å². The Labute approximate surface area is 41.7 Å². The second-order valence-corrected chi connectivity index (χ2v) is 0. The van der Waals surface area contributed by atoms with Crippen LogP contribution in [0.25, 0.3) is 0 Å². The number of hydrogen-bond acceptors (Lipinski definition) is 0. The SMILES string of the molecule is C.CC.[Os]. The molecule has 0 radical (unpaired) electrons. The minimum absolute atomic E-state index is 0. The molecule has 0 spiro atoms. The molecule has 0 aromatic carbocycles. The van der Waals surface area contributed by atoms with Crippen molar-refractivity contribution in [1.82, 2.24) is 0 Å². The van der Waals surface area contributed by atoms with Crippen molar-refractivity contribution in [1.29, 1.82) is 0 Å². The molecule has 0 rings (SSSR count). The summed E-state index contributed by atoms with van der Waals surface area (Å²) in [6.45, 7) is 4.00. The van der Waals surface area contributed by atoms with Crippen molar-refractivity contribution in [2.75, 3.05) is 0 Å². The molecule has 0 heterocycles. The molecule has 0 saturated heterocycles. The van der Waals surface area contributed by atoms with Gasteiger partial charge in [0, 0.05) is 19.8 Å². The zero-order chi connectivity index (χ0) is 2.00. The summed E-state index contributed by atoms with van der Waals surface area (Å²) in [4.78, 5) is 0. The first-order valence-corrected chi connectivity index (χ1v) is 1.00. The van der Waals surface area contributed by atoms with Crippen molar-refractivity contribution in [3.63, 3.8) is 0 Å². The molecule has 0 aliphatic carbocycles. The van der Waals surface area contributed by atoms with E-state index >= 15 is 0 Å². The summed E-state index contributed by atoms with van der Waals surface area (Å²) in [5.41, 5.74) is 0. The molecule has 0 atom stereocenters. The van der Waals surface area contributed by atoms with Gasteiger partial charge in [0.1, 0.15) is 0 Å². The van der Waals surface area contributed by atoms with Gasteiger partial charge in [0.15, 0.2) is 0 Å². The van der Waals surface area contributed by atoms with E-state index in [1.807, 2.05) is 13.8 Å². The predicted octanol–water partition coefficient (Wildman–Crippen LogP) is 1.66. The Hall–Kier alpha value is 0.636. The van der Waals surface area contributed by atoms with Crippen LogP contribution in [0.5, 0.6) is 0 Å². The van der Waals surface area contributed by atoms with Gasteiger partial charge in [-0.15, -0.1) is 0 Å². The topological polar surface area (TPSA) is 0 Å². The van der Waals surface area contributed by atoms with E-state index in [4.69, 9.17) is 0 Å². The molecule has 0 nitrogen and oxygen atoms in total. The smallest absolute Gasteiger partial charge is 0 e. The first-order valence-electron chi connectivity index (χ1n) is 1.00. The third kappa shape index (κ3) is 17.4. The Morgan fingerprint density at radius 3 is 1.00 bits per heavy atom. The summed E-state index contributed by atoms with van der Waals surface area (Å²) in [6, 6.07) is 0. The van der Waals surface area contributed by atoms with Crippen molar-refractivity contribution in [3.8, 4) is 0 Å². The molecule has 0 aliphatic rings. The van der Waals surface area contributed by atoms with Gasteiger partial charge in [-0.05, 0) is 0 Å². The fourth-order valence-electron chi connectivity index (χ4n) is 0. The summed E-state index contributed by atoms with van der Waals surface area (Å²) in [7, 11) is 0. The first-order chi connectivity index (χ1) is 1.00. The van der Waals surface area contributed by atoms with Crippen LogP contribution in [0.15, 0.2) is 0 Å². The van der Waals surface area contributed by atoms with E-state index in [2.05, 4.69) is 0 Å². The van der Waals surface area contributed by atoms with Crippen molar-refractivity contribution in [3.05, 3.63) is 0 Å². The van der Waals surface area contributed by atoms with Gasteiger partial charge >= 0.3 is 0 Å². The van der Waals surface area contributed by atoms with Crippen LogP contribution in [0.4, 0.5) is 0 Å². The number of hydrogen-bond donors (Lipinski definition) is 0. The van der Waals surface area contributed by atoms with Gasteiger partial charge in [0.2, 0.25) is 0 Å². The third-order valence-electron chi connectivity index (χ3n) is 0. The van der Waals surface area contributed by atoms with E-state index in [0.29, 0.717) is 0 Å². The van der Waals surface area contributed by atoms with Gasteiger partial charge in [-0.2, -0.15) is 0 Å². The first kappa shape index (κ1) is 22.9. The summed E-state index contributed by atoms with van der Waals surface area (Å²) in [6.07, 6.45) is 0. The molecule has 4 heavy (non-hydrogen) atoms. The molecular weight excluding hydrogens is 226 g/mol. The van der Waals surface area contributed by atoms with Crippen molar-refractivity contribution in [2.24, 2.45) is 0 Å². The van der Waals surface area contributed by atoms with Crippen LogP contribution in [0.1, 0.15) is 21.3 Å². The maximum Gasteiger partial charge on any atom is 0 e. The molecule has 0 bridgehead atoms. The molecular formula is C3H10Os. The molecule has 0 N–H and O–H groups in total. The molecule has 30 valence electrons. The second kappa shape index (κ2) is 62.4. The molecule has 0 unspecified atom stereocenters. The Kier molecular flexibility index (Phi) is 357. The van der Waals surface area contributed by atoms with Gasteiger partial charge in [-0.25, -0.2) is 0 Å². The zero-order valence-corrected chi connectivity index (χ0v) is 4.89. The average Bonchev–Trinajstić information content (AvgIpc) is 1.00. The van der Waals surface area contributed by atoms with E-state index in [1.54, 1.807) is 0 Å². The average molecular weight is 236 g/mol. The van der Waals surface area contributed by atoms with Crippen LogP contribution >= 0.6 is 0 Å². The minimum atomic E-state index is 0. The maximum absolute atomic E-state index is 2.00. The monoisotopic (exact) mass is 238 g/mol. The van der Waals surface area contributed by atoms with E-state index < -0.39 is 0 Å². The fourth-order valence-corrected chi connectivity index (χ4v) is 0. The molecule has 0 saturated carbocycles. The largest absolute Gasteiger partial charge is 0.0776 e. The molecule has 1 heteroatoms. The van der Waals surface area contributed by atoms with Gasteiger partial charge in [0.05, 0.1) is 0 Å². The van der Waals surface area contributed by atoms with Crippen LogP contribution in [0, 0.1) is 0 Å². The van der Waals surface area contributed by atoms with Crippen LogP contribution in [-0.4, -0.2) is 0 Å². The van der Waals surface area contributed by atoms with E-state index in [9.17, 15) is 0 Å². The van der Waals surface area contributed by atoms with Gasteiger partial charge < -0.3 is 0 Å². The molecule has 0 aliphatic heterocycles. The maximum atomic E-state index is 2.00. The van der Waals surface area contributed by atoms with Crippen LogP contribution in [-0.2, 0) is 19.8 Å². The summed E-state index contributed by atoms with van der Waals surface area (Å²) < 4.78 is 0. The van der Waals surface area contributed by atoms with Crippen LogP contribution in [0.2, 0.25) is 0 Å². The minimum Gasteiger partial charge on any atom is -0.0776 e. The summed E-state index contributed by atoms with van der Waals surface area (Å²) in [5, 5.41) is 0.